The van der Waals surface area contributed by atoms with Gasteiger partial charge >= 0.3 is 0 Å². The highest BCUT2D eigenvalue weighted by Crippen LogP contribution is 2.48. The van der Waals surface area contributed by atoms with Crippen molar-refractivity contribution >= 4 is 0 Å². The van der Waals surface area contributed by atoms with Gasteiger partial charge in [-0.25, -0.2) is 4.39 Å². The van der Waals surface area contributed by atoms with Crippen LogP contribution in [0.2, 0.25) is 0 Å². The minimum absolute atomic E-state index is 0.147. The van der Waals surface area contributed by atoms with Crippen molar-refractivity contribution in [2.45, 2.75) is 63.8 Å². The average molecular weight is 306 g/mol. The molecule has 0 radical (unpaired) electrons. The van der Waals surface area contributed by atoms with Crippen molar-refractivity contribution < 1.29 is 4.39 Å². The summed E-state index contributed by atoms with van der Waals surface area (Å²) < 4.78 is 13.8. The fourth-order valence-electron chi connectivity index (χ4n) is 5.58. The summed E-state index contributed by atoms with van der Waals surface area (Å²) in [6.07, 6.45) is 13.4. The maximum absolute atomic E-state index is 13.8. The molecule has 4 aliphatic rings. The van der Waals surface area contributed by atoms with E-state index in [0.29, 0.717) is 23.8 Å². The first-order valence-electron chi connectivity index (χ1n) is 9.57. The zero-order chi connectivity index (χ0) is 15.0. The largest absolute Gasteiger partial charge is 0.313 e. The van der Waals surface area contributed by atoms with Gasteiger partial charge in [-0.2, -0.15) is 0 Å². The van der Waals surface area contributed by atoms with Crippen LogP contribution in [-0.4, -0.2) is 37.1 Å². The second kappa shape index (κ2) is 6.24. The van der Waals surface area contributed by atoms with Crippen LogP contribution in [0.15, 0.2) is 11.9 Å². The molecule has 2 nitrogen and oxygen atoms in total. The Hall–Kier alpha value is -0.410. The fourth-order valence-corrected chi connectivity index (χ4v) is 5.58. The number of hydrogen-bond donors (Lipinski definition) is 1. The molecule has 2 atom stereocenters. The molecule has 2 unspecified atom stereocenters. The predicted octanol–water partition coefficient (Wildman–Crippen LogP) is 3.88. The lowest BCUT2D eigenvalue weighted by Gasteiger charge is -2.44. The van der Waals surface area contributed by atoms with Crippen molar-refractivity contribution in [1.29, 1.82) is 0 Å². The van der Waals surface area contributed by atoms with Crippen LogP contribution in [-0.2, 0) is 0 Å². The van der Waals surface area contributed by atoms with Crippen LogP contribution in [0, 0.1) is 17.3 Å². The zero-order valence-corrected chi connectivity index (χ0v) is 13.8. The topological polar surface area (TPSA) is 15.3 Å². The van der Waals surface area contributed by atoms with Crippen LogP contribution >= 0.6 is 0 Å². The lowest BCUT2D eigenvalue weighted by Crippen LogP contribution is -2.46. The van der Waals surface area contributed by atoms with E-state index in [-0.39, 0.29) is 5.83 Å². The molecule has 2 heterocycles. The molecule has 22 heavy (non-hydrogen) atoms. The lowest BCUT2D eigenvalue weighted by atomic mass is 9.67. The van der Waals surface area contributed by atoms with Gasteiger partial charge in [-0.3, -0.25) is 0 Å². The van der Waals surface area contributed by atoms with Crippen molar-refractivity contribution in [2.75, 3.05) is 26.2 Å². The number of halogens is 1. The Kier molecular flexibility index (Phi) is 4.29. The Bertz CT molecular complexity index is 419. The molecule has 2 aliphatic carbocycles. The smallest absolute Gasteiger partial charge is 0.0964 e. The van der Waals surface area contributed by atoms with Crippen LogP contribution in [0.1, 0.15) is 57.8 Å². The SMILES string of the molecule is FC1=CC2C(CC1)NCC21CCN(CC2CCCCC2)CC1. The number of nitrogens with zero attached hydrogens (tertiary/aromatic N) is 1. The predicted molar refractivity (Wildman–Crippen MR) is 88.4 cm³/mol. The molecule has 2 saturated heterocycles. The fraction of sp³-hybridized carbons (Fsp3) is 0.895. The average Bonchev–Trinajstić information content (AvgIpc) is 2.89. The van der Waals surface area contributed by atoms with E-state index < -0.39 is 0 Å². The minimum Gasteiger partial charge on any atom is -0.313 e. The summed E-state index contributed by atoms with van der Waals surface area (Å²) in [7, 11) is 0. The molecule has 3 heteroatoms. The highest BCUT2D eigenvalue weighted by molar-refractivity contribution is 5.16. The third-order valence-corrected chi connectivity index (χ3v) is 7.00. The molecule has 0 aromatic heterocycles. The number of fused-ring (bicyclic) bond motifs is 2. The number of allylic oxidation sites excluding steroid dienone is 1. The second-order valence-electron chi connectivity index (χ2n) is 8.33. The van der Waals surface area contributed by atoms with E-state index >= 15 is 0 Å². The van der Waals surface area contributed by atoms with E-state index in [9.17, 15) is 4.39 Å². The third kappa shape index (κ3) is 2.87. The van der Waals surface area contributed by atoms with Crippen molar-refractivity contribution in [1.82, 2.24) is 10.2 Å². The van der Waals surface area contributed by atoms with E-state index in [1.165, 1.54) is 64.6 Å². The van der Waals surface area contributed by atoms with E-state index in [4.69, 9.17) is 0 Å². The van der Waals surface area contributed by atoms with Gasteiger partial charge in [0, 0.05) is 31.5 Å². The van der Waals surface area contributed by atoms with E-state index in [1.807, 2.05) is 6.08 Å². The van der Waals surface area contributed by atoms with E-state index in [2.05, 4.69) is 10.2 Å². The Labute approximate surface area is 134 Å². The zero-order valence-electron chi connectivity index (χ0n) is 13.8. The number of hydrogen-bond acceptors (Lipinski definition) is 2. The molecule has 0 bridgehead atoms. The van der Waals surface area contributed by atoms with Crippen LogP contribution in [0.3, 0.4) is 0 Å². The van der Waals surface area contributed by atoms with Gasteiger partial charge in [0.1, 0.15) is 0 Å². The van der Waals surface area contributed by atoms with Gasteiger partial charge in [-0.1, -0.05) is 19.3 Å². The first-order chi connectivity index (χ1) is 10.8. The first kappa shape index (κ1) is 15.1. The quantitative estimate of drug-likeness (QED) is 0.833. The molecule has 0 aromatic rings. The molecule has 3 fully saturated rings. The van der Waals surface area contributed by atoms with Crippen LogP contribution in [0.5, 0.6) is 0 Å². The summed E-state index contributed by atoms with van der Waals surface area (Å²) in [5, 5.41) is 3.71. The van der Waals surface area contributed by atoms with Gasteiger partial charge in [0.25, 0.3) is 0 Å². The number of nitrogens with one attached hydrogen (secondary N) is 1. The molecule has 0 aromatic carbocycles. The molecule has 0 amide bonds. The number of likely N-dealkylation sites (tertiary alicyclic amines) is 1. The van der Waals surface area contributed by atoms with Crippen molar-refractivity contribution in [3.8, 4) is 0 Å². The molecule has 1 spiro atoms. The molecular weight excluding hydrogens is 275 g/mol. The molecule has 4 rings (SSSR count). The molecular formula is C19H31FN2. The first-order valence-corrected chi connectivity index (χ1v) is 9.57. The molecule has 124 valence electrons. The van der Waals surface area contributed by atoms with Gasteiger partial charge in [0.15, 0.2) is 0 Å². The number of piperidine rings is 1. The number of rotatable bonds is 2. The van der Waals surface area contributed by atoms with Crippen LogP contribution < -0.4 is 5.32 Å². The van der Waals surface area contributed by atoms with Gasteiger partial charge in [0.2, 0.25) is 0 Å². The molecule has 2 aliphatic heterocycles. The summed E-state index contributed by atoms with van der Waals surface area (Å²) in [6, 6.07) is 0.546. The summed E-state index contributed by atoms with van der Waals surface area (Å²) in [5.74, 6) is 1.55. The molecule has 1 N–H and O–H groups in total. The normalized spacial score (nSPS) is 36.3. The van der Waals surface area contributed by atoms with Crippen molar-refractivity contribution in [3.63, 3.8) is 0 Å². The van der Waals surface area contributed by atoms with Crippen molar-refractivity contribution in [3.05, 3.63) is 11.9 Å². The van der Waals surface area contributed by atoms with E-state index in [1.54, 1.807) is 0 Å². The monoisotopic (exact) mass is 306 g/mol. The summed E-state index contributed by atoms with van der Waals surface area (Å²) in [6.45, 7) is 4.90. The van der Waals surface area contributed by atoms with Crippen molar-refractivity contribution in [2.24, 2.45) is 17.3 Å². The van der Waals surface area contributed by atoms with Gasteiger partial charge in [0.05, 0.1) is 5.83 Å². The van der Waals surface area contributed by atoms with Crippen LogP contribution in [0.25, 0.3) is 0 Å². The van der Waals surface area contributed by atoms with Crippen LogP contribution in [0.4, 0.5) is 4.39 Å². The Morgan fingerprint density at radius 1 is 1.14 bits per heavy atom. The second-order valence-corrected chi connectivity index (χ2v) is 8.33. The summed E-state index contributed by atoms with van der Waals surface area (Å²) in [4.78, 5) is 2.71. The Morgan fingerprint density at radius 2 is 1.91 bits per heavy atom. The Morgan fingerprint density at radius 3 is 2.68 bits per heavy atom. The highest BCUT2D eigenvalue weighted by atomic mass is 19.1. The van der Waals surface area contributed by atoms with Gasteiger partial charge in [-0.05, 0) is 62.6 Å². The molecule has 1 saturated carbocycles. The maximum atomic E-state index is 13.8. The lowest BCUT2D eigenvalue weighted by molar-refractivity contribution is 0.0735. The van der Waals surface area contributed by atoms with E-state index in [0.717, 1.165) is 18.9 Å². The standard InChI is InChI=1S/C19H31FN2/c20-16-6-7-18-17(12-16)19(14-21-18)8-10-22(11-9-19)13-15-4-2-1-3-5-15/h12,15,17-18,21H,1-11,13-14H2. The maximum Gasteiger partial charge on any atom is 0.0964 e. The minimum atomic E-state index is 0.147. The third-order valence-electron chi connectivity index (χ3n) is 7.00. The highest BCUT2D eigenvalue weighted by Gasteiger charge is 2.49. The summed E-state index contributed by atoms with van der Waals surface area (Å²) >= 11 is 0. The van der Waals surface area contributed by atoms with Gasteiger partial charge < -0.3 is 10.2 Å². The van der Waals surface area contributed by atoms with Gasteiger partial charge in [-0.15, -0.1) is 0 Å². The Balaban J connectivity index is 1.36. The summed E-state index contributed by atoms with van der Waals surface area (Å²) in [5.41, 5.74) is 0.353.